The monoisotopic (exact) mass is 488 g/mol. The third kappa shape index (κ3) is 4.17. The summed E-state index contributed by atoms with van der Waals surface area (Å²) in [5.41, 5.74) is 7.63. The van der Waals surface area contributed by atoms with Crippen molar-refractivity contribution >= 4 is 0 Å². The summed E-state index contributed by atoms with van der Waals surface area (Å²) >= 11 is 0. The van der Waals surface area contributed by atoms with Crippen LogP contribution in [0.4, 0.5) is 0 Å². The van der Waals surface area contributed by atoms with Gasteiger partial charge in [-0.05, 0) is 82.6 Å². The molecule has 1 aliphatic heterocycles. The molecule has 2 heterocycles. The molecule has 1 unspecified atom stereocenters. The molecule has 1 aliphatic carbocycles. The summed E-state index contributed by atoms with van der Waals surface area (Å²) in [6.45, 7) is 13.1. The van der Waals surface area contributed by atoms with E-state index in [9.17, 15) is 15.5 Å². The van der Waals surface area contributed by atoms with E-state index >= 15 is 0 Å². The highest BCUT2D eigenvalue weighted by Gasteiger charge is 2.51. The van der Waals surface area contributed by atoms with E-state index < -0.39 is 16.6 Å². The van der Waals surface area contributed by atoms with E-state index in [1.807, 2.05) is 52.8 Å². The van der Waals surface area contributed by atoms with Gasteiger partial charge in [0.2, 0.25) is 11.8 Å². The van der Waals surface area contributed by atoms with E-state index in [1.54, 1.807) is 13.8 Å². The molecule has 1 aromatic heterocycles. The van der Waals surface area contributed by atoms with Crippen molar-refractivity contribution in [1.29, 1.82) is 5.26 Å². The number of hydrogen-bond donors (Lipinski definition) is 4. The van der Waals surface area contributed by atoms with E-state index in [0.717, 1.165) is 35.2 Å². The third-order valence-corrected chi connectivity index (χ3v) is 7.79. The summed E-state index contributed by atoms with van der Waals surface area (Å²) in [7, 11) is 0. The second-order valence-corrected chi connectivity index (χ2v) is 11.6. The fourth-order valence-corrected chi connectivity index (χ4v) is 5.54. The maximum atomic E-state index is 11.0. The van der Waals surface area contributed by atoms with Crippen molar-refractivity contribution in [2.24, 2.45) is 23.5 Å². The number of allylic oxidation sites excluding steroid dienone is 1. The molecule has 0 bridgehead atoms. The van der Waals surface area contributed by atoms with Crippen LogP contribution < -0.4 is 10.5 Å². The van der Waals surface area contributed by atoms with E-state index in [0.29, 0.717) is 17.0 Å². The van der Waals surface area contributed by atoms with Crippen LogP contribution in [0.3, 0.4) is 0 Å². The normalized spacial score (nSPS) is 23.8. The van der Waals surface area contributed by atoms with Crippen LogP contribution in [0.2, 0.25) is 0 Å². The molecular formula is C29H36N4O3. The van der Waals surface area contributed by atoms with Gasteiger partial charge in [0.15, 0.2) is 0 Å². The Morgan fingerprint density at radius 1 is 1.19 bits per heavy atom. The summed E-state index contributed by atoms with van der Waals surface area (Å²) < 4.78 is 5.74. The van der Waals surface area contributed by atoms with Gasteiger partial charge in [-0.1, -0.05) is 31.8 Å². The first kappa shape index (κ1) is 25.8. The minimum Gasteiger partial charge on any atom is -0.420 e. The summed E-state index contributed by atoms with van der Waals surface area (Å²) in [4.78, 5) is 0. The smallest absolute Gasteiger partial charge is 0.244 e. The Kier molecular flexibility index (Phi) is 6.23. The highest BCUT2D eigenvalue weighted by molar-refractivity contribution is 5.63. The summed E-state index contributed by atoms with van der Waals surface area (Å²) in [6, 6.07) is 8.14. The minimum absolute atomic E-state index is 0.0265. The number of ether oxygens (including phenoxy) is 1. The van der Waals surface area contributed by atoms with Crippen molar-refractivity contribution in [2.75, 3.05) is 0 Å². The predicted molar refractivity (Wildman–Crippen MR) is 137 cm³/mol. The zero-order valence-electron chi connectivity index (χ0n) is 22.2. The second kappa shape index (κ2) is 8.69. The van der Waals surface area contributed by atoms with Crippen molar-refractivity contribution in [3.63, 3.8) is 0 Å². The number of nitrogens with two attached hydrogens (primary N) is 1. The van der Waals surface area contributed by atoms with Gasteiger partial charge in [-0.25, -0.2) is 0 Å². The van der Waals surface area contributed by atoms with Crippen LogP contribution in [0.5, 0.6) is 5.88 Å². The topological polar surface area (TPSA) is 128 Å². The zero-order valence-corrected chi connectivity index (χ0v) is 22.2. The average Bonchev–Trinajstić information content (AvgIpc) is 3.09. The molecular weight excluding hydrogens is 452 g/mol. The van der Waals surface area contributed by atoms with Gasteiger partial charge in [-0.3, -0.25) is 5.10 Å². The number of rotatable bonds is 4. The fraction of sp³-hybridized carbons (Fsp3) is 0.517. The number of nitriles is 1. The van der Waals surface area contributed by atoms with E-state index in [1.165, 1.54) is 0 Å². The molecule has 0 spiro atoms. The summed E-state index contributed by atoms with van der Waals surface area (Å²) in [5, 5.41) is 38.8. The van der Waals surface area contributed by atoms with Gasteiger partial charge in [0.25, 0.3) is 0 Å². The van der Waals surface area contributed by atoms with E-state index in [4.69, 9.17) is 10.5 Å². The highest BCUT2D eigenvalue weighted by Crippen LogP contribution is 2.53. The number of H-pyrrole nitrogens is 1. The van der Waals surface area contributed by atoms with Crippen LogP contribution in [-0.4, -0.2) is 26.0 Å². The molecule has 0 radical (unpaired) electrons. The fourth-order valence-electron chi connectivity index (χ4n) is 5.54. The van der Waals surface area contributed by atoms with E-state index in [-0.39, 0.29) is 23.6 Å². The number of nitrogens with zero attached hydrogens (tertiary/aromatic N) is 2. The predicted octanol–water partition coefficient (Wildman–Crippen LogP) is 4.12. The van der Waals surface area contributed by atoms with Gasteiger partial charge in [-0.2, -0.15) is 5.26 Å². The Morgan fingerprint density at radius 2 is 1.86 bits per heavy atom. The number of aryl methyl sites for hydroxylation is 1. The van der Waals surface area contributed by atoms with Gasteiger partial charge >= 0.3 is 0 Å². The number of aromatic nitrogens is 2. The molecule has 1 aromatic carbocycles. The minimum atomic E-state index is -1.13. The van der Waals surface area contributed by atoms with Gasteiger partial charge in [0.1, 0.15) is 11.6 Å². The molecule has 5 N–H and O–H groups in total. The summed E-state index contributed by atoms with van der Waals surface area (Å²) in [6.07, 6.45) is 1.72. The number of aromatic amines is 1. The van der Waals surface area contributed by atoms with Crippen LogP contribution in [0, 0.1) is 47.8 Å². The quantitative estimate of drug-likeness (QED) is 0.479. The standard InChI is InChI=1S/C29H36N4O3/c1-16(2)29(23(15-30)25(31)36-26-24(29)17(3)32-33-26)22-13-19(12-21(14-22)28(6,7)35)9-8-18-10-20(11-18)27(4,5)34/h12-14,16,18,20,34-35H,10-11,31H2,1-7H3,(H,32,33). The maximum Gasteiger partial charge on any atom is 0.244 e. The van der Waals surface area contributed by atoms with Crippen molar-refractivity contribution in [1.82, 2.24) is 10.2 Å². The molecule has 190 valence electrons. The molecule has 1 atom stereocenters. The lowest BCUT2D eigenvalue weighted by Gasteiger charge is -2.41. The van der Waals surface area contributed by atoms with Crippen LogP contribution >= 0.6 is 0 Å². The number of nitrogens with one attached hydrogen (secondary N) is 1. The Balaban J connectivity index is 1.91. The molecule has 7 heteroatoms. The SMILES string of the molecule is Cc1[nH]nc2c1C(c1cc(C#CC3CC(C(C)(C)O)C3)cc(C(C)(C)O)c1)(C(C)C)C(C#N)=C(N)O2. The van der Waals surface area contributed by atoms with Gasteiger partial charge in [0, 0.05) is 17.2 Å². The first-order valence-corrected chi connectivity index (χ1v) is 12.5. The van der Waals surface area contributed by atoms with Crippen molar-refractivity contribution in [3.8, 4) is 23.8 Å². The molecule has 1 saturated carbocycles. The third-order valence-electron chi connectivity index (χ3n) is 7.79. The lowest BCUT2D eigenvalue weighted by Crippen LogP contribution is -2.41. The summed E-state index contributed by atoms with van der Waals surface area (Å²) in [5.74, 6) is 7.42. The zero-order chi connectivity index (χ0) is 26.6. The van der Waals surface area contributed by atoms with Crippen LogP contribution in [0.1, 0.15) is 82.3 Å². The van der Waals surface area contributed by atoms with Crippen LogP contribution in [-0.2, 0) is 11.0 Å². The molecule has 4 rings (SSSR count). The Bertz CT molecular complexity index is 1320. The molecule has 2 aromatic rings. The molecule has 2 aliphatic rings. The van der Waals surface area contributed by atoms with Crippen molar-refractivity contribution in [2.45, 2.75) is 77.9 Å². The van der Waals surface area contributed by atoms with Crippen molar-refractivity contribution < 1.29 is 14.9 Å². The Hall–Kier alpha value is -3.26. The van der Waals surface area contributed by atoms with Crippen molar-refractivity contribution in [3.05, 3.63) is 57.6 Å². The second-order valence-electron chi connectivity index (χ2n) is 11.6. The Labute approximate surface area is 213 Å². The largest absolute Gasteiger partial charge is 0.420 e. The number of hydrogen-bond acceptors (Lipinski definition) is 6. The van der Waals surface area contributed by atoms with Crippen LogP contribution in [0.25, 0.3) is 0 Å². The molecule has 1 fully saturated rings. The molecule has 7 nitrogen and oxygen atoms in total. The van der Waals surface area contributed by atoms with Gasteiger partial charge < -0.3 is 20.7 Å². The van der Waals surface area contributed by atoms with Gasteiger partial charge in [-0.15, -0.1) is 5.10 Å². The van der Waals surface area contributed by atoms with Crippen LogP contribution in [0.15, 0.2) is 29.7 Å². The Morgan fingerprint density at radius 3 is 2.42 bits per heavy atom. The number of benzene rings is 1. The maximum absolute atomic E-state index is 11.0. The average molecular weight is 489 g/mol. The van der Waals surface area contributed by atoms with E-state index in [2.05, 4.69) is 28.1 Å². The molecule has 36 heavy (non-hydrogen) atoms. The lowest BCUT2D eigenvalue weighted by atomic mass is 9.61. The first-order valence-electron chi connectivity index (χ1n) is 12.5. The molecule has 0 saturated heterocycles. The van der Waals surface area contributed by atoms with Gasteiger partial charge in [0.05, 0.1) is 22.2 Å². The first-order chi connectivity index (χ1) is 16.7. The molecule has 0 amide bonds. The number of aliphatic hydroxyl groups is 2. The highest BCUT2D eigenvalue weighted by atomic mass is 16.5. The number of fused-ring (bicyclic) bond motifs is 1. The lowest BCUT2D eigenvalue weighted by molar-refractivity contribution is -0.0315.